The first kappa shape index (κ1) is 31.1. The third-order valence-corrected chi connectivity index (χ3v) is 11.1. The molecule has 10 rings (SSSR count). The van der Waals surface area contributed by atoms with Crippen LogP contribution in [0.2, 0.25) is 0 Å². The Hall–Kier alpha value is -6.64. The lowest BCUT2D eigenvalue weighted by molar-refractivity contribution is 0.661. The van der Waals surface area contributed by atoms with Crippen LogP contribution in [0.15, 0.2) is 192 Å². The van der Waals surface area contributed by atoms with Crippen LogP contribution in [0.5, 0.6) is 0 Å². The molecule has 0 amide bonds. The van der Waals surface area contributed by atoms with E-state index in [1.807, 2.05) is 0 Å². The van der Waals surface area contributed by atoms with Crippen LogP contribution in [-0.4, -0.2) is 0 Å². The first-order valence-corrected chi connectivity index (χ1v) is 18.3. The standard InChI is InChI=1S/C51H37NO/c1-51(2)46-31-38(35-15-8-4-9-16-35)23-28-42(46)44-19-12-20-47(50(44)51)52(40-25-21-37(22-26-40)34-13-6-3-7-14-34)41-27-30-48-45(33-41)43-29-24-39(32-49(43)53-48)36-17-10-5-11-18-36/h3-33H,1-2H3. The highest BCUT2D eigenvalue weighted by Crippen LogP contribution is 2.55. The second kappa shape index (κ2) is 12.3. The van der Waals surface area contributed by atoms with Crippen LogP contribution in [0.3, 0.4) is 0 Å². The van der Waals surface area contributed by atoms with E-state index >= 15 is 0 Å². The Labute approximate surface area is 310 Å². The summed E-state index contributed by atoms with van der Waals surface area (Å²) in [4.78, 5) is 2.44. The maximum Gasteiger partial charge on any atom is 0.136 e. The van der Waals surface area contributed by atoms with Crippen LogP contribution in [0.4, 0.5) is 17.1 Å². The van der Waals surface area contributed by atoms with Crippen molar-refractivity contribution in [1.82, 2.24) is 0 Å². The molecular weight excluding hydrogens is 643 g/mol. The molecule has 0 saturated carbocycles. The number of fused-ring (bicyclic) bond motifs is 6. The van der Waals surface area contributed by atoms with E-state index < -0.39 is 0 Å². The Kier molecular flexibility index (Phi) is 7.19. The van der Waals surface area contributed by atoms with Gasteiger partial charge < -0.3 is 9.32 Å². The minimum absolute atomic E-state index is 0.242. The average molecular weight is 680 g/mol. The minimum Gasteiger partial charge on any atom is -0.456 e. The van der Waals surface area contributed by atoms with Gasteiger partial charge in [0.15, 0.2) is 0 Å². The zero-order chi connectivity index (χ0) is 35.5. The van der Waals surface area contributed by atoms with Crippen LogP contribution >= 0.6 is 0 Å². The number of anilines is 3. The lowest BCUT2D eigenvalue weighted by Gasteiger charge is -2.32. The van der Waals surface area contributed by atoms with Crippen molar-refractivity contribution in [1.29, 1.82) is 0 Å². The monoisotopic (exact) mass is 679 g/mol. The summed E-state index contributed by atoms with van der Waals surface area (Å²) < 4.78 is 6.50. The first-order valence-electron chi connectivity index (χ1n) is 18.3. The fourth-order valence-corrected chi connectivity index (χ4v) is 8.42. The SMILES string of the molecule is CC1(C)c2cc(-c3ccccc3)ccc2-c2cccc(N(c3ccc(-c4ccccc4)cc3)c3ccc4oc5cc(-c6ccccc6)ccc5c4c3)c21. The van der Waals surface area contributed by atoms with Crippen LogP contribution < -0.4 is 4.90 Å². The normalized spacial score (nSPS) is 12.9. The summed E-state index contributed by atoms with van der Waals surface area (Å²) in [6.45, 7) is 4.76. The van der Waals surface area contributed by atoms with Gasteiger partial charge in [-0.1, -0.05) is 147 Å². The summed E-state index contributed by atoms with van der Waals surface area (Å²) in [7, 11) is 0. The molecule has 0 bridgehead atoms. The van der Waals surface area contributed by atoms with Gasteiger partial charge >= 0.3 is 0 Å². The van der Waals surface area contributed by atoms with E-state index in [1.54, 1.807) is 0 Å². The lowest BCUT2D eigenvalue weighted by Crippen LogP contribution is -2.20. The van der Waals surface area contributed by atoms with Gasteiger partial charge in [0.1, 0.15) is 11.2 Å². The molecule has 9 aromatic rings. The number of hydrogen-bond donors (Lipinski definition) is 0. The molecule has 252 valence electrons. The number of hydrogen-bond acceptors (Lipinski definition) is 2. The third-order valence-electron chi connectivity index (χ3n) is 11.1. The summed E-state index contributed by atoms with van der Waals surface area (Å²) in [5.41, 5.74) is 17.4. The second-order valence-corrected chi connectivity index (χ2v) is 14.6. The van der Waals surface area contributed by atoms with Gasteiger partial charge in [-0.25, -0.2) is 0 Å². The second-order valence-electron chi connectivity index (χ2n) is 14.6. The number of rotatable bonds is 6. The third kappa shape index (κ3) is 5.18. The lowest BCUT2D eigenvalue weighted by atomic mass is 9.80. The van der Waals surface area contributed by atoms with Crippen molar-refractivity contribution in [2.75, 3.05) is 4.90 Å². The molecular formula is C51H37NO. The Balaban J connectivity index is 1.15. The van der Waals surface area contributed by atoms with Crippen molar-refractivity contribution < 1.29 is 4.42 Å². The van der Waals surface area contributed by atoms with Crippen molar-refractivity contribution in [3.8, 4) is 44.5 Å². The molecule has 8 aromatic carbocycles. The van der Waals surface area contributed by atoms with Gasteiger partial charge in [0.05, 0.1) is 5.69 Å². The van der Waals surface area contributed by atoms with Gasteiger partial charge in [-0.2, -0.15) is 0 Å². The molecule has 2 nitrogen and oxygen atoms in total. The van der Waals surface area contributed by atoms with Crippen LogP contribution in [0.25, 0.3) is 66.4 Å². The summed E-state index contributed by atoms with van der Waals surface area (Å²) >= 11 is 0. The van der Waals surface area contributed by atoms with E-state index in [4.69, 9.17) is 4.42 Å². The first-order chi connectivity index (χ1) is 26.0. The quantitative estimate of drug-likeness (QED) is 0.174. The van der Waals surface area contributed by atoms with Gasteiger partial charge in [-0.05, 0) is 110 Å². The largest absolute Gasteiger partial charge is 0.456 e. The van der Waals surface area contributed by atoms with Crippen molar-refractivity contribution >= 4 is 39.0 Å². The summed E-state index contributed by atoms with van der Waals surface area (Å²) in [5, 5.41) is 2.21. The van der Waals surface area contributed by atoms with Gasteiger partial charge in [0.25, 0.3) is 0 Å². The molecule has 1 aromatic heterocycles. The van der Waals surface area contributed by atoms with Crippen molar-refractivity contribution in [3.05, 3.63) is 199 Å². The topological polar surface area (TPSA) is 16.4 Å². The predicted octanol–water partition coefficient (Wildman–Crippen LogP) is 14.4. The van der Waals surface area contributed by atoms with E-state index in [-0.39, 0.29) is 5.41 Å². The summed E-state index contributed by atoms with van der Waals surface area (Å²) in [6, 6.07) is 67.8. The zero-order valence-electron chi connectivity index (χ0n) is 29.8. The molecule has 1 heterocycles. The van der Waals surface area contributed by atoms with E-state index in [1.165, 1.54) is 55.8 Å². The molecule has 53 heavy (non-hydrogen) atoms. The van der Waals surface area contributed by atoms with Crippen LogP contribution in [0.1, 0.15) is 25.0 Å². The van der Waals surface area contributed by atoms with Crippen molar-refractivity contribution in [2.24, 2.45) is 0 Å². The highest BCUT2D eigenvalue weighted by molar-refractivity contribution is 6.08. The van der Waals surface area contributed by atoms with E-state index in [9.17, 15) is 0 Å². The molecule has 0 fully saturated rings. The highest BCUT2D eigenvalue weighted by atomic mass is 16.3. The van der Waals surface area contributed by atoms with Gasteiger partial charge in [-0.15, -0.1) is 0 Å². The van der Waals surface area contributed by atoms with E-state index in [2.05, 4.69) is 207 Å². The van der Waals surface area contributed by atoms with Crippen molar-refractivity contribution in [2.45, 2.75) is 19.3 Å². The molecule has 0 atom stereocenters. The Morgan fingerprint density at radius 2 is 0.962 bits per heavy atom. The van der Waals surface area contributed by atoms with E-state index in [0.29, 0.717) is 0 Å². The summed E-state index contributed by atoms with van der Waals surface area (Å²) in [6.07, 6.45) is 0. The van der Waals surface area contributed by atoms with Gasteiger partial charge in [-0.3, -0.25) is 0 Å². The molecule has 0 spiro atoms. The maximum atomic E-state index is 6.50. The zero-order valence-corrected chi connectivity index (χ0v) is 29.8. The smallest absolute Gasteiger partial charge is 0.136 e. The molecule has 0 unspecified atom stereocenters. The van der Waals surface area contributed by atoms with Gasteiger partial charge in [0.2, 0.25) is 0 Å². The minimum atomic E-state index is -0.242. The van der Waals surface area contributed by atoms with Crippen LogP contribution in [-0.2, 0) is 5.41 Å². The highest BCUT2D eigenvalue weighted by Gasteiger charge is 2.39. The molecule has 0 N–H and O–H groups in total. The van der Waals surface area contributed by atoms with Gasteiger partial charge in [0, 0.05) is 27.6 Å². The number of furan rings is 1. The Morgan fingerprint density at radius 1 is 0.396 bits per heavy atom. The maximum absolute atomic E-state index is 6.50. The number of benzene rings is 8. The fraction of sp³-hybridized carbons (Fsp3) is 0.0588. The predicted molar refractivity (Wildman–Crippen MR) is 222 cm³/mol. The Morgan fingerprint density at radius 3 is 1.64 bits per heavy atom. The van der Waals surface area contributed by atoms with Crippen molar-refractivity contribution in [3.63, 3.8) is 0 Å². The molecule has 1 aliphatic carbocycles. The molecule has 1 aliphatic rings. The summed E-state index contributed by atoms with van der Waals surface area (Å²) in [5.74, 6) is 0. The van der Waals surface area contributed by atoms with E-state index in [0.717, 1.165) is 38.9 Å². The van der Waals surface area contributed by atoms with Crippen LogP contribution in [0, 0.1) is 0 Å². The molecule has 0 radical (unpaired) electrons. The molecule has 0 aliphatic heterocycles. The Bertz CT molecular complexity index is 2780. The molecule has 2 heteroatoms. The number of nitrogens with zero attached hydrogens (tertiary/aromatic N) is 1. The average Bonchev–Trinajstić information content (AvgIpc) is 3.70. The molecule has 0 saturated heterocycles. The fourth-order valence-electron chi connectivity index (χ4n) is 8.42.